The fraction of sp³-hybridized carbons (Fsp3) is 0.214. The van der Waals surface area contributed by atoms with Crippen LogP contribution in [0.1, 0.15) is 30.4 Å². The molecule has 6 heteroatoms. The molecule has 0 saturated carbocycles. The van der Waals surface area contributed by atoms with E-state index in [-0.39, 0.29) is 17.8 Å². The highest BCUT2D eigenvalue weighted by Gasteiger charge is 2.16. The van der Waals surface area contributed by atoms with Crippen LogP contribution in [0.4, 0.5) is 15.8 Å². The van der Waals surface area contributed by atoms with E-state index in [1.54, 1.807) is 22.9 Å². The molecule has 2 rings (SSSR count). The van der Waals surface area contributed by atoms with Gasteiger partial charge < -0.3 is 15.6 Å². The Morgan fingerprint density at radius 3 is 2.70 bits per heavy atom. The third-order valence-electron chi connectivity index (χ3n) is 2.84. The summed E-state index contributed by atoms with van der Waals surface area (Å²) in [5.74, 6) is -0.595. The van der Waals surface area contributed by atoms with Gasteiger partial charge in [-0.2, -0.15) is 0 Å². The van der Waals surface area contributed by atoms with Crippen LogP contribution in [0, 0.1) is 9.39 Å². The van der Waals surface area contributed by atoms with Crippen LogP contribution in [0.5, 0.6) is 0 Å². The van der Waals surface area contributed by atoms with E-state index in [1.807, 2.05) is 36.4 Å². The average Bonchev–Trinajstić information content (AvgIpc) is 2.75. The Morgan fingerprint density at radius 2 is 2.10 bits per heavy atom. The van der Waals surface area contributed by atoms with Gasteiger partial charge in [0, 0.05) is 15.8 Å². The molecule has 0 unspecified atom stereocenters. The summed E-state index contributed by atoms with van der Waals surface area (Å²) in [6.07, 6.45) is 1.73. The molecule has 3 N–H and O–H groups in total. The second-order valence-corrected chi connectivity index (χ2v) is 5.90. The number of nitrogens with two attached hydrogens (primary N) is 1. The number of halogens is 2. The van der Waals surface area contributed by atoms with Crippen molar-refractivity contribution in [3.63, 3.8) is 0 Å². The van der Waals surface area contributed by atoms with Crippen molar-refractivity contribution in [3.05, 3.63) is 45.5 Å². The van der Waals surface area contributed by atoms with Gasteiger partial charge in [0.05, 0.1) is 11.4 Å². The minimum Gasteiger partial charge on any atom is -0.397 e. The van der Waals surface area contributed by atoms with Crippen molar-refractivity contribution in [2.45, 2.75) is 19.9 Å². The lowest BCUT2D eigenvalue weighted by molar-refractivity contribution is 0.101. The summed E-state index contributed by atoms with van der Waals surface area (Å²) in [7, 11) is 0. The van der Waals surface area contributed by atoms with Crippen LogP contribution in [-0.2, 0) is 0 Å². The number of nitrogens with zero attached hydrogens (tertiary/aromatic N) is 1. The quantitative estimate of drug-likeness (QED) is 0.790. The fourth-order valence-electron chi connectivity index (χ4n) is 1.89. The van der Waals surface area contributed by atoms with Crippen LogP contribution in [-0.4, -0.2) is 10.5 Å². The van der Waals surface area contributed by atoms with Gasteiger partial charge in [0.2, 0.25) is 0 Å². The van der Waals surface area contributed by atoms with Gasteiger partial charge in [-0.15, -0.1) is 0 Å². The second-order valence-electron chi connectivity index (χ2n) is 4.74. The highest BCUT2D eigenvalue weighted by atomic mass is 127. The Balaban J connectivity index is 2.28. The molecule has 0 spiro atoms. The number of carbonyl (C=O) groups is 1. The highest BCUT2D eigenvalue weighted by molar-refractivity contribution is 14.1. The van der Waals surface area contributed by atoms with Crippen molar-refractivity contribution in [1.82, 2.24) is 4.57 Å². The first kappa shape index (κ1) is 14.8. The first-order valence-corrected chi connectivity index (χ1v) is 7.20. The van der Waals surface area contributed by atoms with Gasteiger partial charge in [-0.1, -0.05) is 0 Å². The molecule has 1 amide bonds. The van der Waals surface area contributed by atoms with E-state index in [0.29, 0.717) is 20.6 Å². The van der Waals surface area contributed by atoms with E-state index in [2.05, 4.69) is 5.32 Å². The summed E-state index contributed by atoms with van der Waals surface area (Å²) in [4.78, 5) is 12.3. The lowest BCUT2D eigenvalue weighted by Gasteiger charge is -2.13. The van der Waals surface area contributed by atoms with Crippen molar-refractivity contribution in [3.8, 4) is 0 Å². The summed E-state index contributed by atoms with van der Waals surface area (Å²) in [5, 5.41) is 2.77. The molecule has 0 aliphatic rings. The zero-order valence-corrected chi connectivity index (χ0v) is 13.3. The number of amides is 1. The Morgan fingerprint density at radius 1 is 1.40 bits per heavy atom. The van der Waals surface area contributed by atoms with Crippen LogP contribution < -0.4 is 11.1 Å². The van der Waals surface area contributed by atoms with E-state index in [4.69, 9.17) is 5.73 Å². The van der Waals surface area contributed by atoms with E-state index in [1.165, 1.54) is 12.1 Å². The first-order valence-electron chi connectivity index (χ1n) is 6.12. The van der Waals surface area contributed by atoms with Crippen molar-refractivity contribution < 1.29 is 9.18 Å². The number of nitrogen functional groups attached to an aromatic ring is 1. The van der Waals surface area contributed by atoms with Gasteiger partial charge in [0.15, 0.2) is 0 Å². The van der Waals surface area contributed by atoms with Crippen molar-refractivity contribution in [2.75, 3.05) is 11.1 Å². The number of carbonyl (C=O) groups excluding carboxylic acids is 1. The number of hydrogen-bond donors (Lipinski definition) is 2. The van der Waals surface area contributed by atoms with Crippen molar-refractivity contribution in [1.29, 1.82) is 0 Å². The normalized spacial score (nSPS) is 10.8. The maximum Gasteiger partial charge on any atom is 0.272 e. The highest BCUT2D eigenvalue weighted by Crippen LogP contribution is 2.22. The smallest absolute Gasteiger partial charge is 0.272 e. The van der Waals surface area contributed by atoms with Gasteiger partial charge in [-0.25, -0.2) is 4.39 Å². The Hall–Kier alpha value is -1.57. The molecular weight excluding hydrogens is 372 g/mol. The molecule has 0 radical (unpaired) electrons. The largest absolute Gasteiger partial charge is 0.397 e. The Labute approximate surface area is 130 Å². The summed E-state index contributed by atoms with van der Waals surface area (Å²) in [5.41, 5.74) is 7.35. The van der Waals surface area contributed by atoms with E-state index in [0.717, 1.165) is 0 Å². The van der Waals surface area contributed by atoms with Gasteiger partial charge in [-0.05, 0) is 60.7 Å². The van der Waals surface area contributed by atoms with Gasteiger partial charge in [0.1, 0.15) is 11.5 Å². The molecular formula is C14H15FIN3O. The van der Waals surface area contributed by atoms with Crippen LogP contribution >= 0.6 is 22.6 Å². The van der Waals surface area contributed by atoms with Crippen LogP contribution in [0.15, 0.2) is 30.5 Å². The van der Waals surface area contributed by atoms with Gasteiger partial charge in [-0.3, -0.25) is 4.79 Å². The molecule has 1 heterocycles. The standard InChI is InChI=1S/C14H15FIN3O/c1-8(2)19-7-10(17)6-13(19)14(20)18-12-4-3-9(15)5-11(12)16/h3-8H,17H2,1-2H3,(H,18,20). The van der Waals surface area contributed by atoms with Crippen LogP contribution in [0.3, 0.4) is 0 Å². The molecule has 1 aromatic carbocycles. The zero-order chi connectivity index (χ0) is 14.9. The number of nitrogens with one attached hydrogen (secondary N) is 1. The van der Waals surface area contributed by atoms with Crippen LogP contribution in [0.2, 0.25) is 0 Å². The Kier molecular flexibility index (Phi) is 4.32. The average molecular weight is 387 g/mol. The lowest BCUT2D eigenvalue weighted by atomic mass is 10.3. The molecule has 106 valence electrons. The third-order valence-corrected chi connectivity index (χ3v) is 3.73. The first-order chi connectivity index (χ1) is 9.38. The topological polar surface area (TPSA) is 60.0 Å². The zero-order valence-electron chi connectivity index (χ0n) is 11.2. The summed E-state index contributed by atoms with van der Waals surface area (Å²) < 4.78 is 15.5. The predicted molar refractivity (Wildman–Crippen MR) is 86.3 cm³/mol. The number of benzene rings is 1. The summed E-state index contributed by atoms with van der Waals surface area (Å²) in [6, 6.07) is 5.98. The summed E-state index contributed by atoms with van der Waals surface area (Å²) >= 11 is 1.98. The number of rotatable bonds is 3. The maximum atomic E-state index is 13.0. The fourth-order valence-corrected chi connectivity index (χ4v) is 2.50. The second kappa shape index (κ2) is 5.82. The van der Waals surface area contributed by atoms with E-state index in [9.17, 15) is 9.18 Å². The minimum atomic E-state index is -0.331. The maximum absolute atomic E-state index is 13.0. The van der Waals surface area contributed by atoms with Crippen LogP contribution in [0.25, 0.3) is 0 Å². The van der Waals surface area contributed by atoms with Gasteiger partial charge in [0.25, 0.3) is 5.91 Å². The number of anilines is 2. The number of aromatic nitrogens is 1. The third kappa shape index (κ3) is 3.12. The molecule has 0 atom stereocenters. The van der Waals surface area contributed by atoms with E-state index < -0.39 is 0 Å². The Bertz CT molecular complexity index is 652. The monoisotopic (exact) mass is 387 g/mol. The minimum absolute atomic E-state index is 0.125. The lowest BCUT2D eigenvalue weighted by Crippen LogP contribution is -2.18. The molecule has 0 fully saturated rings. The predicted octanol–water partition coefficient (Wildman–Crippen LogP) is 3.65. The molecule has 20 heavy (non-hydrogen) atoms. The molecule has 1 aromatic heterocycles. The SMILES string of the molecule is CC(C)n1cc(N)cc1C(=O)Nc1ccc(F)cc1I. The molecule has 2 aromatic rings. The van der Waals surface area contributed by atoms with E-state index >= 15 is 0 Å². The molecule has 0 aliphatic heterocycles. The van der Waals surface area contributed by atoms with Crippen molar-refractivity contribution >= 4 is 39.9 Å². The molecule has 0 saturated heterocycles. The van der Waals surface area contributed by atoms with Crippen molar-refractivity contribution in [2.24, 2.45) is 0 Å². The molecule has 0 aliphatic carbocycles. The number of hydrogen-bond acceptors (Lipinski definition) is 2. The van der Waals surface area contributed by atoms with Gasteiger partial charge >= 0.3 is 0 Å². The summed E-state index contributed by atoms with van der Waals surface area (Å²) in [6.45, 7) is 3.94. The molecule has 0 bridgehead atoms. The molecule has 4 nitrogen and oxygen atoms in total.